The quantitative estimate of drug-likeness (QED) is 0.857. The van der Waals surface area contributed by atoms with E-state index in [9.17, 15) is 18.3 Å². The molecular formula is C12H16F3NO. The van der Waals surface area contributed by atoms with Gasteiger partial charge in [-0.3, -0.25) is 0 Å². The van der Waals surface area contributed by atoms with Crippen molar-refractivity contribution in [1.82, 2.24) is 0 Å². The smallest absolute Gasteiger partial charge is 0.388 e. The maximum atomic E-state index is 12.7. The molecule has 0 radical (unpaired) electrons. The fraction of sp³-hybridized carbons (Fsp3) is 0.500. The van der Waals surface area contributed by atoms with Gasteiger partial charge in [0.1, 0.15) is 0 Å². The molecule has 0 aromatic heterocycles. The Kier molecular flexibility index (Phi) is 4.16. The fourth-order valence-corrected chi connectivity index (χ4v) is 1.65. The molecule has 5 heteroatoms. The first-order chi connectivity index (χ1) is 7.82. The lowest BCUT2D eigenvalue weighted by Crippen LogP contribution is -2.39. The van der Waals surface area contributed by atoms with Gasteiger partial charge in [0.25, 0.3) is 0 Å². The lowest BCUT2D eigenvalue weighted by Gasteiger charge is -2.26. The Balaban J connectivity index is 3.07. The summed E-state index contributed by atoms with van der Waals surface area (Å²) in [6.07, 6.45) is -4.18. The second kappa shape index (κ2) is 5.06. The summed E-state index contributed by atoms with van der Waals surface area (Å²) in [6, 6.07) is 5.25. The van der Waals surface area contributed by atoms with Crippen LogP contribution in [0.4, 0.5) is 13.2 Å². The Hall–Kier alpha value is -1.07. The number of hydrogen-bond acceptors (Lipinski definition) is 2. The molecule has 96 valence electrons. The third-order valence-electron chi connectivity index (χ3n) is 2.88. The van der Waals surface area contributed by atoms with Crippen molar-refractivity contribution in [3.8, 4) is 0 Å². The van der Waals surface area contributed by atoms with Crippen molar-refractivity contribution < 1.29 is 18.3 Å². The topological polar surface area (TPSA) is 46.2 Å². The first kappa shape index (κ1) is 14.0. The molecule has 0 fully saturated rings. The molecule has 1 atom stereocenters. The van der Waals surface area contributed by atoms with Crippen LogP contribution in [-0.2, 0) is 12.6 Å². The average Bonchev–Trinajstić information content (AvgIpc) is 2.28. The number of hydrogen-bond donors (Lipinski definition) is 2. The van der Waals surface area contributed by atoms with Crippen molar-refractivity contribution in [1.29, 1.82) is 0 Å². The minimum absolute atomic E-state index is 0.0598. The van der Waals surface area contributed by atoms with Gasteiger partial charge in [0.05, 0.1) is 11.2 Å². The molecule has 1 rings (SSSR count). The molecule has 1 aromatic carbocycles. The Morgan fingerprint density at radius 3 is 2.29 bits per heavy atom. The summed E-state index contributed by atoms with van der Waals surface area (Å²) in [5.74, 6) is 0. The van der Waals surface area contributed by atoms with E-state index < -0.39 is 17.3 Å². The van der Waals surface area contributed by atoms with Gasteiger partial charge in [-0.1, -0.05) is 25.1 Å². The highest BCUT2D eigenvalue weighted by Gasteiger charge is 2.35. The predicted molar refractivity (Wildman–Crippen MR) is 59.4 cm³/mol. The van der Waals surface area contributed by atoms with Crippen LogP contribution in [0.3, 0.4) is 0 Å². The highest BCUT2D eigenvalue weighted by molar-refractivity contribution is 5.31. The molecule has 0 aliphatic rings. The van der Waals surface area contributed by atoms with E-state index in [2.05, 4.69) is 0 Å². The minimum atomic E-state index is -4.40. The van der Waals surface area contributed by atoms with E-state index in [4.69, 9.17) is 5.73 Å². The van der Waals surface area contributed by atoms with Crippen LogP contribution in [0.5, 0.6) is 0 Å². The molecular weight excluding hydrogens is 231 g/mol. The van der Waals surface area contributed by atoms with Crippen molar-refractivity contribution in [2.75, 3.05) is 6.54 Å². The van der Waals surface area contributed by atoms with Crippen LogP contribution in [0.25, 0.3) is 0 Å². The molecule has 0 amide bonds. The van der Waals surface area contributed by atoms with E-state index in [0.29, 0.717) is 6.42 Å². The van der Waals surface area contributed by atoms with Crippen molar-refractivity contribution in [2.45, 2.75) is 31.5 Å². The van der Waals surface area contributed by atoms with Crippen LogP contribution in [0, 0.1) is 0 Å². The monoisotopic (exact) mass is 247 g/mol. The van der Waals surface area contributed by atoms with Gasteiger partial charge in [-0.25, -0.2) is 0 Å². The van der Waals surface area contributed by atoms with E-state index >= 15 is 0 Å². The molecule has 1 aromatic rings. The number of aliphatic hydroxyl groups is 1. The molecule has 0 saturated carbocycles. The standard InChI is InChI=1S/C12H16F3NO/c1-2-11(17,8-16)7-9-5-3-4-6-10(9)12(13,14)15/h3-6,17H,2,7-8,16H2,1H3. The third-order valence-corrected chi connectivity index (χ3v) is 2.88. The first-order valence-corrected chi connectivity index (χ1v) is 5.40. The molecule has 0 aliphatic carbocycles. The SMILES string of the molecule is CCC(O)(CN)Cc1ccccc1C(F)(F)F. The van der Waals surface area contributed by atoms with Crippen LogP contribution < -0.4 is 5.73 Å². The van der Waals surface area contributed by atoms with Crippen molar-refractivity contribution >= 4 is 0 Å². The van der Waals surface area contributed by atoms with Gasteiger partial charge >= 0.3 is 6.18 Å². The largest absolute Gasteiger partial charge is 0.416 e. The summed E-state index contributed by atoms with van der Waals surface area (Å²) >= 11 is 0. The summed E-state index contributed by atoms with van der Waals surface area (Å²) in [5.41, 5.74) is 3.49. The Labute approximate surface area is 98.3 Å². The maximum absolute atomic E-state index is 12.7. The zero-order chi connectivity index (χ0) is 13.1. The van der Waals surface area contributed by atoms with Crippen LogP contribution in [-0.4, -0.2) is 17.3 Å². The van der Waals surface area contributed by atoms with Gasteiger partial charge in [0.2, 0.25) is 0 Å². The minimum Gasteiger partial charge on any atom is -0.388 e. The molecule has 3 N–H and O–H groups in total. The molecule has 0 bridgehead atoms. The Bertz CT molecular complexity index is 372. The second-order valence-corrected chi connectivity index (χ2v) is 4.11. The highest BCUT2D eigenvalue weighted by atomic mass is 19.4. The van der Waals surface area contributed by atoms with Crippen LogP contribution >= 0.6 is 0 Å². The molecule has 17 heavy (non-hydrogen) atoms. The molecule has 0 saturated heterocycles. The summed E-state index contributed by atoms with van der Waals surface area (Å²) in [7, 11) is 0. The molecule has 0 heterocycles. The Morgan fingerprint density at radius 1 is 1.24 bits per heavy atom. The summed E-state index contributed by atoms with van der Waals surface area (Å²) < 4.78 is 38.2. The molecule has 0 spiro atoms. The van der Waals surface area contributed by atoms with Crippen LogP contribution in [0.1, 0.15) is 24.5 Å². The number of rotatable bonds is 4. The summed E-state index contributed by atoms with van der Waals surface area (Å²) in [6.45, 7) is 1.64. The number of alkyl halides is 3. The fourth-order valence-electron chi connectivity index (χ4n) is 1.65. The van der Waals surface area contributed by atoms with E-state index in [0.717, 1.165) is 6.07 Å². The van der Waals surface area contributed by atoms with Gasteiger partial charge in [-0.15, -0.1) is 0 Å². The van der Waals surface area contributed by atoms with Crippen LogP contribution in [0.15, 0.2) is 24.3 Å². The lowest BCUT2D eigenvalue weighted by molar-refractivity contribution is -0.138. The van der Waals surface area contributed by atoms with Gasteiger partial charge in [0, 0.05) is 13.0 Å². The van der Waals surface area contributed by atoms with Crippen molar-refractivity contribution in [3.05, 3.63) is 35.4 Å². The second-order valence-electron chi connectivity index (χ2n) is 4.11. The van der Waals surface area contributed by atoms with Gasteiger partial charge in [-0.05, 0) is 18.1 Å². The first-order valence-electron chi connectivity index (χ1n) is 5.40. The van der Waals surface area contributed by atoms with E-state index in [-0.39, 0.29) is 18.5 Å². The van der Waals surface area contributed by atoms with Gasteiger partial charge in [-0.2, -0.15) is 13.2 Å². The highest BCUT2D eigenvalue weighted by Crippen LogP contribution is 2.33. The average molecular weight is 247 g/mol. The normalized spacial score (nSPS) is 15.6. The number of halogens is 3. The number of benzene rings is 1. The Morgan fingerprint density at radius 2 is 1.82 bits per heavy atom. The number of nitrogens with two attached hydrogens (primary N) is 1. The zero-order valence-corrected chi connectivity index (χ0v) is 9.59. The summed E-state index contributed by atoms with van der Waals surface area (Å²) in [5, 5.41) is 9.98. The van der Waals surface area contributed by atoms with E-state index in [1.165, 1.54) is 18.2 Å². The molecule has 0 aliphatic heterocycles. The molecule has 2 nitrogen and oxygen atoms in total. The summed E-state index contributed by atoms with van der Waals surface area (Å²) in [4.78, 5) is 0. The van der Waals surface area contributed by atoms with E-state index in [1.54, 1.807) is 6.92 Å². The predicted octanol–water partition coefficient (Wildman–Crippen LogP) is 2.35. The van der Waals surface area contributed by atoms with Gasteiger partial charge in [0.15, 0.2) is 0 Å². The van der Waals surface area contributed by atoms with Crippen LogP contribution in [0.2, 0.25) is 0 Å². The zero-order valence-electron chi connectivity index (χ0n) is 9.59. The van der Waals surface area contributed by atoms with Gasteiger partial charge < -0.3 is 10.8 Å². The molecule has 1 unspecified atom stereocenters. The third kappa shape index (κ3) is 3.44. The van der Waals surface area contributed by atoms with E-state index in [1.807, 2.05) is 0 Å². The maximum Gasteiger partial charge on any atom is 0.416 e. The van der Waals surface area contributed by atoms with Crippen molar-refractivity contribution in [3.63, 3.8) is 0 Å². The van der Waals surface area contributed by atoms with Crippen molar-refractivity contribution in [2.24, 2.45) is 5.73 Å². The lowest BCUT2D eigenvalue weighted by atomic mass is 9.89.